The van der Waals surface area contributed by atoms with E-state index < -0.39 is 17.7 Å². The number of nitrogens with zero attached hydrogens (tertiary/aromatic N) is 1. The van der Waals surface area contributed by atoms with Crippen LogP contribution in [0.1, 0.15) is 20.8 Å². The van der Waals surface area contributed by atoms with Gasteiger partial charge in [0.25, 0.3) is 11.8 Å². The Morgan fingerprint density at radius 2 is 1.69 bits per heavy atom. The first-order chi connectivity index (χ1) is 12.2. The fourth-order valence-electron chi connectivity index (χ4n) is 1.84. The molecule has 0 radical (unpaired) electrons. The normalized spacial score (nSPS) is 10.3. The summed E-state index contributed by atoms with van der Waals surface area (Å²) in [5.41, 5.74) is 5.22. The number of pyridine rings is 1. The molecule has 2 rings (SSSR count). The highest BCUT2D eigenvalue weighted by Gasteiger charge is 2.20. The number of carbonyl (C=O) groups excluding carboxylic acids is 3. The van der Waals surface area contributed by atoms with Gasteiger partial charge in [-0.2, -0.15) is 0 Å². The molecule has 0 fully saturated rings. The van der Waals surface area contributed by atoms with E-state index in [0.717, 1.165) is 0 Å². The number of nitrogens with one attached hydrogen (secondary N) is 2. The Labute approximate surface area is 167 Å². The number of benzene rings is 1. The van der Waals surface area contributed by atoms with Crippen LogP contribution in [0.5, 0.6) is 0 Å². The Kier molecular flexibility index (Phi) is 6.66. The lowest BCUT2D eigenvalue weighted by Gasteiger charge is -2.10. The number of hydrogen-bond acceptors (Lipinski definition) is 4. The molecule has 0 unspecified atom stereocenters. The highest BCUT2D eigenvalue weighted by atomic mass is 35.5. The first-order valence-corrected chi connectivity index (χ1v) is 8.39. The van der Waals surface area contributed by atoms with Crippen molar-refractivity contribution in [1.29, 1.82) is 0 Å². The van der Waals surface area contributed by atoms with Gasteiger partial charge in [-0.25, -0.2) is 4.98 Å². The maximum atomic E-state index is 12.4. The van der Waals surface area contributed by atoms with E-state index in [9.17, 15) is 14.4 Å². The second-order valence-corrected chi connectivity index (χ2v) is 6.37. The molecular weight excluding hydrogens is 426 g/mol. The van der Waals surface area contributed by atoms with Crippen molar-refractivity contribution in [3.63, 3.8) is 0 Å². The zero-order chi connectivity index (χ0) is 19.4. The third-order valence-corrected chi connectivity index (χ3v) is 4.68. The molecule has 3 amide bonds. The third-order valence-electron chi connectivity index (χ3n) is 3.01. The summed E-state index contributed by atoms with van der Waals surface area (Å²) in [4.78, 5) is 38.8. The molecule has 1 aromatic carbocycles. The molecule has 26 heavy (non-hydrogen) atoms. The standard InChI is InChI=1S/C15H10Cl4N4O3/c16-9-10(17)12(23-13(19)11(9)18)15(26)22-7-3-1-2-6(4-7)14(25)21-5-8(20)24/h1-4H,5H2,(H2,20,24)(H,21,25)(H,22,26). The molecule has 0 aliphatic carbocycles. The Bertz CT molecular complexity index is 905. The van der Waals surface area contributed by atoms with Crippen molar-refractivity contribution in [1.82, 2.24) is 10.3 Å². The summed E-state index contributed by atoms with van der Waals surface area (Å²) < 4.78 is 0. The first-order valence-electron chi connectivity index (χ1n) is 6.88. The average Bonchev–Trinajstić information content (AvgIpc) is 2.61. The number of amides is 3. The summed E-state index contributed by atoms with van der Waals surface area (Å²) in [6.45, 7) is -0.309. The topological polar surface area (TPSA) is 114 Å². The first kappa shape index (κ1) is 20.3. The minimum atomic E-state index is -0.704. The van der Waals surface area contributed by atoms with Crippen molar-refractivity contribution in [2.75, 3.05) is 11.9 Å². The van der Waals surface area contributed by atoms with Crippen molar-refractivity contribution in [3.05, 3.63) is 55.7 Å². The van der Waals surface area contributed by atoms with Crippen LogP contribution in [0.2, 0.25) is 20.2 Å². The van der Waals surface area contributed by atoms with Crippen LogP contribution in [0.4, 0.5) is 5.69 Å². The third kappa shape index (κ3) is 4.76. The van der Waals surface area contributed by atoms with Crippen LogP contribution < -0.4 is 16.4 Å². The van der Waals surface area contributed by atoms with E-state index >= 15 is 0 Å². The van der Waals surface area contributed by atoms with Crippen LogP contribution >= 0.6 is 46.4 Å². The number of nitrogens with two attached hydrogens (primary N) is 1. The monoisotopic (exact) mass is 434 g/mol. The molecule has 0 saturated heterocycles. The molecule has 136 valence electrons. The molecule has 0 aliphatic rings. The Balaban J connectivity index is 2.21. The van der Waals surface area contributed by atoms with E-state index in [1.54, 1.807) is 0 Å². The molecule has 4 N–H and O–H groups in total. The zero-order valence-electron chi connectivity index (χ0n) is 12.8. The van der Waals surface area contributed by atoms with Crippen molar-refractivity contribution in [3.8, 4) is 0 Å². The van der Waals surface area contributed by atoms with Crippen LogP contribution in [0.25, 0.3) is 0 Å². The van der Waals surface area contributed by atoms with E-state index in [1.165, 1.54) is 24.3 Å². The van der Waals surface area contributed by atoms with Crippen LogP contribution in [0.15, 0.2) is 24.3 Å². The lowest BCUT2D eigenvalue weighted by molar-refractivity contribution is -0.117. The summed E-state index contributed by atoms with van der Waals surface area (Å²) in [5.74, 6) is -1.92. The van der Waals surface area contributed by atoms with Crippen LogP contribution in [-0.4, -0.2) is 29.3 Å². The van der Waals surface area contributed by atoms with Crippen molar-refractivity contribution >= 4 is 69.8 Å². The van der Waals surface area contributed by atoms with E-state index in [4.69, 9.17) is 52.1 Å². The minimum absolute atomic E-state index is 0.0667. The number of aromatic nitrogens is 1. The number of anilines is 1. The summed E-state index contributed by atoms with van der Waals surface area (Å²) in [6, 6.07) is 5.95. The predicted octanol–water partition coefficient (Wildman–Crippen LogP) is 3.16. The molecule has 7 nitrogen and oxygen atoms in total. The molecule has 1 aromatic heterocycles. The van der Waals surface area contributed by atoms with Crippen LogP contribution in [0.3, 0.4) is 0 Å². The lowest BCUT2D eigenvalue weighted by Crippen LogP contribution is -2.33. The van der Waals surface area contributed by atoms with E-state index in [-0.39, 0.29) is 43.7 Å². The van der Waals surface area contributed by atoms with Gasteiger partial charge in [-0.3, -0.25) is 14.4 Å². The Hall–Kier alpha value is -2.06. The largest absolute Gasteiger partial charge is 0.368 e. The van der Waals surface area contributed by atoms with Gasteiger partial charge in [-0.15, -0.1) is 0 Å². The lowest BCUT2D eigenvalue weighted by atomic mass is 10.2. The minimum Gasteiger partial charge on any atom is -0.368 e. The molecule has 11 heteroatoms. The Morgan fingerprint density at radius 1 is 1.00 bits per heavy atom. The quantitative estimate of drug-likeness (QED) is 0.625. The van der Waals surface area contributed by atoms with Gasteiger partial charge >= 0.3 is 0 Å². The molecule has 0 atom stereocenters. The number of rotatable bonds is 5. The van der Waals surface area contributed by atoms with E-state index in [2.05, 4.69) is 15.6 Å². The molecule has 0 spiro atoms. The summed E-state index contributed by atoms with van der Waals surface area (Å²) in [6.07, 6.45) is 0. The molecule has 0 aliphatic heterocycles. The van der Waals surface area contributed by atoms with Crippen molar-refractivity contribution in [2.45, 2.75) is 0 Å². The van der Waals surface area contributed by atoms with Gasteiger partial charge in [-0.05, 0) is 18.2 Å². The van der Waals surface area contributed by atoms with Gasteiger partial charge in [0.05, 0.1) is 21.6 Å². The summed E-state index contributed by atoms with van der Waals surface area (Å²) >= 11 is 23.5. The van der Waals surface area contributed by atoms with Gasteiger partial charge in [-0.1, -0.05) is 52.5 Å². The smallest absolute Gasteiger partial charge is 0.275 e. The summed E-state index contributed by atoms with van der Waals surface area (Å²) in [5, 5.41) is 4.35. The van der Waals surface area contributed by atoms with Gasteiger partial charge in [0, 0.05) is 11.3 Å². The maximum absolute atomic E-state index is 12.4. The second kappa shape index (κ2) is 8.55. The molecule has 0 bridgehead atoms. The van der Waals surface area contributed by atoms with E-state index in [1.807, 2.05) is 0 Å². The highest BCUT2D eigenvalue weighted by Crippen LogP contribution is 2.36. The maximum Gasteiger partial charge on any atom is 0.275 e. The zero-order valence-corrected chi connectivity index (χ0v) is 15.8. The van der Waals surface area contributed by atoms with Crippen LogP contribution in [-0.2, 0) is 4.79 Å². The number of halogens is 4. The molecule has 0 saturated carbocycles. The number of primary amides is 1. The number of carbonyl (C=O) groups is 3. The van der Waals surface area contributed by atoms with E-state index in [0.29, 0.717) is 0 Å². The average molecular weight is 436 g/mol. The second-order valence-electron chi connectivity index (χ2n) is 4.88. The fourth-order valence-corrected chi connectivity index (χ4v) is 2.65. The number of hydrogen-bond donors (Lipinski definition) is 3. The van der Waals surface area contributed by atoms with Gasteiger partial charge in [0.15, 0.2) is 0 Å². The van der Waals surface area contributed by atoms with Gasteiger partial charge < -0.3 is 16.4 Å². The van der Waals surface area contributed by atoms with Crippen molar-refractivity contribution < 1.29 is 14.4 Å². The molecule has 1 heterocycles. The van der Waals surface area contributed by atoms with Gasteiger partial charge in [0.2, 0.25) is 5.91 Å². The van der Waals surface area contributed by atoms with Crippen LogP contribution in [0, 0.1) is 0 Å². The molecule has 2 aromatic rings. The predicted molar refractivity (Wildman–Crippen MR) is 100 cm³/mol. The fraction of sp³-hybridized carbons (Fsp3) is 0.0667. The van der Waals surface area contributed by atoms with Crippen molar-refractivity contribution in [2.24, 2.45) is 5.73 Å². The summed E-state index contributed by atoms with van der Waals surface area (Å²) in [7, 11) is 0. The SMILES string of the molecule is NC(=O)CNC(=O)c1cccc(NC(=O)c2nc(Cl)c(Cl)c(Cl)c2Cl)c1. The highest BCUT2D eigenvalue weighted by molar-refractivity contribution is 6.52. The van der Waals surface area contributed by atoms with Gasteiger partial charge in [0.1, 0.15) is 10.8 Å². The Morgan fingerprint density at radius 3 is 2.35 bits per heavy atom. The molecular formula is C15H10Cl4N4O3.